The van der Waals surface area contributed by atoms with Crippen LogP contribution in [0.5, 0.6) is 0 Å². The van der Waals surface area contributed by atoms with E-state index in [1.165, 1.54) is 0 Å². The molecular formula is C13H18O3. The van der Waals surface area contributed by atoms with Crippen molar-refractivity contribution in [3.8, 4) is 0 Å². The van der Waals surface area contributed by atoms with Crippen molar-refractivity contribution in [1.29, 1.82) is 0 Å². The second kappa shape index (κ2) is 2.95. The zero-order chi connectivity index (χ0) is 11.6. The van der Waals surface area contributed by atoms with Crippen molar-refractivity contribution in [2.24, 2.45) is 16.7 Å². The van der Waals surface area contributed by atoms with Gasteiger partial charge in [-0.15, -0.1) is 0 Å². The van der Waals surface area contributed by atoms with Gasteiger partial charge in [0.05, 0.1) is 0 Å². The van der Waals surface area contributed by atoms with Crippen LogP contribution in [0.15, 0.2) is 0 Å². The molecule has 1 unspecified atom stereocenters. The van der Waals surface area contributed by atoms with Crippen LogP contribution >= 0.6 is 0 Å². The number of Topliss-reactive ketones (excluding diaryl/α,β-unsaturated/α-hetero) is 2. The lowest BCUT2D eigenvalue weighted by Crippen LogP contribution is -2.42. The van der Waals surface area contributed by atoms with Gasteiger partial charge in [-0.3, -0.25) is 9.59 Å². The molecular weight excluding hydrogens is 204 g/mol. The molecule has 3 heteroatoms. The van der Waals surface area contributed by atoms with Crippen molar-refractivity contribution in [2.75, 3.05) is 7.11 Å². The van der Waals surface area contributed by atoms with E-state index in [0.29, 0.717) is 18.6 Å². The van der Waals surface area contributed by atoms with Crippen LogP contribution < -0.4 is 0 Å². The van der Waals surface area contributed by atoms with Gasteiger partial charge in [-0.25, -0.2) is 0 Å². The van der Waals surface area contributed by atoms with E-state index in [-0.39, 0.29) is 28.6 Å². The predicted octanol–water partition coefficient (Wildman–Crippen LogP) is 1.74. The Balaban J connectivity index is 2.15. The maximum atomic E-state index is 12.1. The molecule has 0 bridgehead atoms. The van der Waals surface area contributed by atoms with E-state index in [1.807, 2.05) is 0 Å². The van der Waals surface area contributed by atoms with Gasteiger partial charge in [0.25, 0.3) is 0 Å². The van der Waals surface area contributed by atoms with E-state index < -0.39 is 0 Å². The largest absolute Gasteiger partial charge is 0.373 e. The maximum Gasteiger partial charge on any atom is 0.162 e. The Bertz CT molecular complexity index is 375. The fourth-order valence-electron chi connectivity index (χ4n) is 4.84. The van der Waals surface area contributed by atoms with Gasteiger partial charge in [0, 0.05) is 31.3 Å². The summed E-state index contributed by atoms with van der Waals surface area (Å²) >= 11 is 0. The fraction of sp³-hybridized carbons (Fsp3) is 0.846. The number of ketones is 2. The molecule has 1 spiro atoms. The topological polar surface area (TPSA) is 43.4 Å². The van der Waals surface area contributed by atoms with Gasteiger partial charge < -0.3 is 4.74 Å². The molecule has 3 aliphatic carbocycles. The van der Waals surface area contributed by atoms with Crippen molar-refractivity contribution in [2.45, 2.75) is 45.1 Å². The molecule has 0 amide bonds. The van der Waals surface area contributed by atoms with Crippen LogP contribution in [0.25, 0.3) is 0 Å². The summed E-state index contributed by atoms with van der Waals surface area (Å²) in [6, 6.07) is 0. The molecule has 0 aromatic rings. The first kappa shape index (κ1) is 10.5. The van der Waals surface area contributed by atoms with Gasteiger partial charge in [-0.05, 0) is 18.3 Å². The van der Waals surface area contributed by atoms with Crippen LogP contribution in [0.2, 0.25) is 0 Å². The average molecular weight is 222 g/mol. The Morgan fingerprint density at radius 3 is 2.62 bits per heavy atom. The summed E-state index contributed by atoms with van der Waals surface area (Å²) in [5.41, 5.74) is -0.279. The zero-order valence-corrected chi connectivity index (χ0v) is 9.91. The lowest BCUT2D eigenvalue weighted by atomic mass is 9.65. The number of ether oxygens (including phenoxy) is 1. The molecule has 0 radical (unpaired) electrons. The Labute approximate surface area is 95.5 Å². The fourth-order valence-corrected chi connectivity index (χ4v) is 4.84. The molecule has 88 valence electrons. The molecule has 3 saturated carbocycles. The molecule has 0 aromatic heterocycles. The Kier molecular flexibility index (Phi) is 1.93. The van der Waals surface area contributed by atoms with Crippen LogP contribution in [0, 0.1) is 16.7 Å². The molecule has 3 fully saturated rings. The van der Waals surface area contributed by atoms with Crippen LogP contribution in [0.3, 0.4) is 0 Å². The zero-order valence-electron chi connectivity index (χ0n) is 9.91. The third kappa shape index (κ3) is 0.899. The minimum atomic E-state index is -0.323. The number of carbonyl (C=O) groups excluding carboxylic acids is 2. The molecule has 0 aliphatic heterocycles. The molecule has 3 nitrogen and oxygen atoms in total. The minimum Gasteiger partial charge on any atom is -0.373 e. The summed E-state index contributed by atoms with van der Waals surface area (Å²) in [7, 11) is 1.61. The summed E-state index contributed by atoms with van der Waals surface area (Å²) in [5, 5.41) is 0. The highest BCUT2D eigenvalue weighted by Gasteiger charge is 2.72. The van der Waals surface area contributed by atoms with Crippen LogP contribution in [0.4, 0.5) is 0 Å². The smallest absolute Gasteiger partial charge is 0.162 e. The molecule has 0 saturated heterocycles. The van der Waals surface area contributed by atoms with Crippen molar-refractivity contribution in [3.05, 3.63) is 0 Å². The predicted molar refractivity (Wildman–Crippen MR) is 57.9 cm³/mol. The van der Waals surface area contributed by atoms with Gasteiger partial charge >= 0.3 is 0 Å². The highest BCUT2D eigenvalue weighted by atomic mass is 16.5. The second-order valence-corrected chi connectivity index (χ2v) is 5.95. The number of carbonyl (C=O) groups is 2. The van der Waals surface area contributed by atoms with Gasteiger partial charge in [-0.1, -0.05) is 13.3 Å². The third-order valence-corrected chi connectivity index (χ3v) is 5.34. The first-order valence-electron chi connectivity index (χ1n) is 6.13. The van der Waals surface area contributed by atoms with E-state index in [4.69, 9.17) is 4.74 Å². The lowest BCUT2D eigenvalue weighted by Gasteiger charge is -2.39. The summed E-state index contributed by atoms with van der Waals surface area (Å²) < 4.78 is 5.45. The number of methoxy groups -OCH3 is 1. The number of hydrogen-bond acceptors (Lipinski definition) is 3. The summed E-state index contributed by atoms with van der Waals surface area (Å²) in [4.78, 5) is 24.1. The van der Waals surface area contributed by atoms with Gasteiger partial charge in [0.15, 0.2) is 5.78 Å². The van der Waals surface area contributed by atoms with Crippen LogP contribution in [-0.4, -0.2) is 24.8 Å². The Morgan fingerprint density at radius 2 is 1.94 bits per heavy atom. The summed E-state index contributed by atoms with van der Waals surface area (Å²) in [5.74, 6) is 0.674. The van der Waals surface area contributed by atoms with E-state index in [2.05, 4.69) is 6.92 Å². The Hall–Kier alpha value is -0.700. The molecule has 0 heterocycles. The highest BCUT2D eigenvalue weighted by Crippen LogP contribution is 2.69. The summed E-state index contributed by atoms with van der Waals surface area (Å²) in [6.45, 7) is 2.12. The van der Waals surface area contributed by atoms with Crippen LogP contribution in [-0.2, 0) is 14.3 Å². The first-order chi connectivity index (χ1) is 7.55. The van der Waals surface area contributed by atoms with Crippen molar-refractivity contribution in [3.63, 3.8) is 0 Å². The molecule has 0 aromatic carbocycles. The third-order valence-electron chi connectivity index (χ3n) is 5.34. The molecule has 16 heavy (non-hydrogen) atoms. The number of rotatable bonds is 1. The maximum absolute atomic E-state index is 12.1. The van der Waals surface area contributed by atoms with E-state index in [1.54, 1.807) is 7.11 Å². The van der Waals surface area contributed by atoms with E-state index in [9.17, 15) is 9.59 Å². The number of hydrogen-bond donors (Lipinski definition) is 0. The SMILES string of the molecule is COC1C(=O)C[C@@]2(C)CC(=O)[C@@H]3CCC[C@@]132. The quantitative estimate of drug-likeness (QED) is 0.678. The van der Waals surface area contributed by atoms with Crippen molar-refractivity contribution >= 4 is 11.6 Å². The first-order valence-corrected chi connectivity index (χ1v) is 6.13. The normalized spacial score (nSPS) is 50.9. The average Bonchev–Trinajstić information content (AvgIpc) is 2.75. The van der Waals surface area contributed by atoms with E-state index >= 15 is 0 Å². The van der Waals surface area contributed by atoms with Crippen molar-refractivity contribution < 1.29 is 14.3 Å². The molecule has 3 rings (SSSR count). The molecule has 4 atom stereocenters. The summed E-state index contributed by atoms with van der Waals surface area (Å²) in [6.07, 6.45) is 3.82. The van der Waals surface area contributed by atoms with Gasteiger partial charge in [0.2, 0.25) is 0 Å². The second-order valence-electron chi connectivity index (χ2n) is 5.95. The van der Waals surface area contributed by atoms with Gasteiger partial charge in [-0.2, -0.15) is 0 Å². The minimum absolute atomic E-state index is 0.0916. The van der Waals surface area contributed by atoms with E-state index in [0.717, 1.165) is 19.3 Å². The Morgan fingerprint density at radius 1 is 1.25 bits per heavy atom. The van der Waals surface area contributed by atoms with Crippen molar-refractivity contribution in [1.82, 2.24) is 0 Å². The lowest BCUT2D eigenvalue weighted by molar-refractivity contribution is -0.134. The molecule has 0 N–H and O–H groups in total. The molecule has 3 aliphatic rings. The highest BCUT2D eigenvalue weighted by molar-refractivity contribution is 5.95. The monoisotopic (exact) mass is 222 g/mol. The standard InChI is InChI=1S/C13H18O3/c1-12-6-9(14)8-4-3-5-13(8,12)11(16-2)10(15)7-12/h8,11H,3-7H2,1-2H3/t8-,11?,12+,13-/m0/s1. The van der Waals surface area contributed by atoms with Crippen LogP contribution in [0.1, 0.15) is 39.0 Å². The van der Waals surface area contributed by atoms with Gasteiger partial charge in [0.1, 0.15) is 11.9 Å².